The molecule has 0 amide bonds. The number of nitrogens with zero attached hydrogens (tertiary/aromatic N) is 3. The summed E-state index contributed by atoms with van der Waals surface area (Å²) in [6.45, 7) is 13.7. The second kappa shape index (κ2) is 11.1. The Hall–Kier alpha value is -0.450. The largest absolute Gasteiger partial charge is 0.331 e. The molecule has 0 saturated carbocycles. The Bertz CT molecular complexity index is 780. The molecule has 174 valence electrons. The van der Waals surface area contributed by atoms with E-state index in [1.54, 1.807) is 0 Å². The van der Waals surface area contributed by atoms with Gasteiger partial charge in [0.1, 0.15) is 7.36 Å². The van der Waals surface area contributed by atoms with Crippen molar-refractivity contribution in [2.24, 2.45) is 4.74 Å². The molecule has 0 spiro atoms. The van der Waals surface area contributed by atoms with Crippen LogP contribution in [0.3, 0.4) is 0 Å². The summed E-state index contributed by atoms with van der Waals surface area (Å²) in [5.41, 5.74) is 1.99. The lowest BCUT2D eigenvalue weighted by atomic mass is 10.2. The van der Waals surface area contributed by atoms with Gasteiger partial charge in [0.05, 0.1) is 0 Å². The molecule has 2 heterocycles. The highest BCUT2D eigenvalue weighted by atomic mass is 35.5. The molecule has 0 aromatic heterocycles. The van der Waals surface area contributed by atoms with E-state index in [1.807, 2.05) is 25.1 Å². The van der Waals surface area contributed by atoms with Crippen molar-refractivity contribution >= 4 is 42.0 Å². The summed E-state index contributed by atoms with van der Waals surface area (Å²) in [7, 11) is -2.05. The Morgan fingerprint density at radius 2 is 1.42 bits per heavy atom. The molecule has 7 heteroatoms. The first kappa shape index (κ1) is 25.2. The highest BCUT2D eigenvalue weighted by Crippen LogP contribution is 2.66. The van der Waals surface area contributed by atoms with E-state index in [-0.39, 0.29) is 5.16 Å². The Morgan fingerprint density at radius 3 is 1.84 bits per heavy atom. The van der Waals surface area contributed by atoms with Crippen LogP contribution < -0.4 is 5.32 Å². The summed E-state index contributed by atoms with van der Waals surface area (Å²) in [5, 5.41) is 4.78. The molecular weight excluding hydrogens is 443 g/mol. The van der Waals surface area contributed by atoms with Crippen LogP contribution in [0.15, 0.2) is 22.9 Å². The standard InChI is InChI=1S/C24H40ClN4PS/c1-20-13-14-21(19-22(20)25)26-23(31)27-30(24(2,3)4,28-15-9-5-6-10-16-28)29-17-11-7-8-12-18-29/h13-14,19H,5-12,15-18H2,1-4H3,(H,26,31). The van der Waals surface area contributed by atoms with Crippen molar-refractivity contribution in [2.75, 3.05) is 31.5 Å². The molecule has 0 radical (unpaired) electrons. The third-order valence-electron chi connectivity index (χ3n) is 6.51. The predicted octanol–water partition coefficient (Wildman–Crippen LogP) is 7.93. The number of hydrogen-bond acceptors (Lipinski definition) is 1. The minimum atomic E-state index is -2.05. The number of thiocarbonyl (C=S) groups is 1. The number of nitrogens with one attached hydrogen (secondary N) is 1. The fraction of sp³-hybridized carbons (Fsp3) is 0.708. The van der Waals surface area contributed by atoms with Crippen LogP contribution in [0.5, 0.6) is 0 Å². The van der Waals surface area contributed by atoms with Crippen LogP contribution in [0, 0.1) is 6.92 Å². The zero-order chi connectivity index (χ0) is 22.5. The molecule has 0 aliphatic carbocycles. The maximum absolute atomic E-state index is 6.36. The Balaban J connectivity index is 2.04. The van der Waals surface area contributed by atoms with E-state index in [0.717, 1.165) is 42.5 Å². The molecule has 0 atom stereocenters. The van der Waals surface area contributed by atoms with Crippen LogP contribution in [0.25, 0.3) is 0 Å². The molecule has 2 saturated heterocycles. The molecule has 4 nitrogen and oxygen atoms in total. The summed E-state index contributed by atoms with van der Waals surface area (Å²) < 4.78 is 11.0. The van der Waals surface area contributed by atoms with E-state index in [2.05, 4.69) is 35.4 Å². The van der Waals surface area contributed by atoms with E-state index < -0.39 is 7.36 Å². The number of aryl methyl sites for hydroxylation is 1. The summed E-state index contributed by atoms with van der Waals surface area (Å²) in [5.74, 6) is 0. The molecule has 0 bridgehead atoms. The SMILES string of the molecule is Cc1ccc(NC(=S)N=P(N2CCCCCC2)(N2CCCCCC2)C(C)(C)C)cc1Cl. The van der Waals surface area contributed by atoms with Gasteiger partial charge < -0.3 is 5.32 Å². The van der Waals surface area contributed by atoms with Crippen molar-refractivity contribution in [2.45, 2.75) is 84.2 Å². The van der Waals surface area contributed by atoms with Crippen molar-refractivity contribution in [1.29, 1.82) is 0 Å². The Kier molecular flexibility index (Phi) is 9.03. The van der Waals surface area contributed by atoms with Crippen LogP contribution in [0.4, 0.5) is 5.69 Å². The van der Waals surface area contributed by atoms with Gasteiger partial charge in [-0.25, -0.2) is 4.74 Å². The first-order chi connectivity index (χ1) is 14.7. The molecule has 2 aliphatic rings. The van der Waals surface area contributed by atoms with Crippen LogP contribution >= 0.6 is 31.2 Å². The van der Waals surface area contributed by atoms with Gasteiger partial charge in [-0.15, -0.1) is 0 Å². The third kappa shape index (κ3) is 6.12. The first-order valence-electron chi connectivity index (χ1n) is 11.9. The lowest BCUT2D eigenvalue weighted by Crippen LogP contribution is -2.42. The highest BCUT2D eigenvalue weighted by molar-refractivity contribution is 7.81. The van der Waals surface area contributed by atoms with Crippen molar-refractivity contribution in [3.8, 4) is 0 Å². The molecule has 0 unspecified atom stereocenters. The van der Waals surface area contributed by atoms with Crippen LogP contribution in [-0.4, -0.2) is 45.8 Å². The number of halogens is 1. The zero-order valence-corrected chi connectivity index (χ0v) is 22.3. The number of anilines is 1. The third-order valence-corrected chi connectivity index (χ3v) is 11.9. The summed E-state index contributed by atoms with van der Waals surface area (Å²) in [6, 6.07) is 6.02. The van der Waals surface area contributed by atoms with Gasteiger partial charge in [0.15, 0.2) is 5.11 Å². The second-order valence-electron chi connectivity index (χ2n) is 9.97. The average molecular weight is 483 g/mol. The van der Waals surface area contributed by atoms with Crippen LogP contribution in [0.2, 0.25) is 5.02 Å². The van der Waals surface area contributed by atoms with E-state index in [4.69, 9.17) is 28.6 Å². The summed E-state index contributed by atoms with van der Waals surface area (Å²) in [6.07, 6.45) is 10.3. The van der Waals surface area contributed by atoms with E-state index in [9.17, 15) is 0 Å². The van der Waals surface area contributed by atoms with Gasteiger partial charge in [0.2, 0.25) is 0 Å². The second-order valence-corrected chi connectivity index (χ2v) is 14.6. The monoisotopic (exact) mass is 482 g/mol. The van der Waals surface area contributed by atoms with Gasteiger partial charge in [0.25, 0.3) is 0 Å². The molecule has 31 heavy (non-hydrogen) atoms. The molecule has 2 fully saturated rings. The molecule has 1 aromatic rings. The lowest BCUT2D eigenvalue weighted by molar-refractivity contribution is 0.368. The van der Waals surface area contributed by atoms with Gasteiger partial charge in [0, 0.05) is 42.0 Å². The minimum absolute atomic E-state index is 0.0261. The number of hydrogen-bond donors (Lipinski definition) is 1. The van der Waals surface area contributed by atoms with Gasteiger partial charge >= 0.3 is 0 Å². The number of benzene rings is 1. The van der Waals surface area contributed by atoms with Gasteiger partial charge in [-0.05, 0) is 62.5 Å². The summed E-state index contributed by atoms with van der Waals surface area (Å²) in [4.78, 5) is 0. The molecule has 1 N–H and O–H groups in total. The minimum Gasteiger partial charge on any atom is -0.331 e. The van der Waals surface area contributed by atoms with Gasteiger partial charge in [-0.1, -0.05) is 64.1 Å². The fourth-order valence-electron chi connectivity index (χ4n) is 4.92. The van der Waals surface area contributed by atoms with E-state index >= 15 is 0 Å². The average Bonchev–Trinajstić information content (AvgIpc) is 3.13. The van der Waals surface area contributed by atoms with Crippen molar-refractivity contribution < 1.29 is 0 Å². The Labute approximate surface area is 200 Å². The summed E-state index contributed by atoms with van der Waals surface area (Å²) >= 11 is 12.2. The topological polar surface area (TPSA) is 30.9 Å². The number of rotatable bonds is 3. The van der Waals surface area contributed by atoms with E-state index in [1.165, 1.54) is 51.4 Å². The molecular formula is C24H40ClN4PS. The molecule has 1 aromatic carbocycles. The van der Waals surface area contributed by atoms with Crippen molar-refractivity contribution in [1.82, 2.24) is 9.34 Å². The predicted molar refractivity (Wildman–Crippen MR) is 142 cm³/mol. The quantitative estimate of drug-likeness (QED) is 0.350. The van der Waals surface area contributed by atoms with Gasteiger partial charge in [-0.3, -0.25) is 9.34 Å². The van der Waals surface area contributed by atoms with Gasteiger partial charge in [-0.2, -0.15) is 0 Å². The lowest BCUT2D eigenvalue weighted by Gasteiger charge is -2.50. The maximum atomic E-state index is 6.36. The van der Waals surface area contributed by atoms with Crippen LogP contribution in [-0.2, 0) is 0 Å². The highest BCUT2D eigenvalue weighted by Gasteiger charge is 2.44. The first-order valence-corrected chi connectivity index (χ1v) is 14.4. The van der Waals surface area contributed by atoms with E-state index in [0.29, 0.717) is 5.11 Å². The normalized spacial score (nSPS) is 20.0. The fourth-order valence-corrected chi connectivity index (χ4v) is 10.1. The van der Waals surface area contributed by atoms with Crippen molar-refractivity contribution in [3.63, 3.8) is 0 Å². The maximum Gasteiger partial charge on any atom is 0.198 e. The molecule has 3 rings (SSSR count). The smallest absolute Gasteiger partial charge is 0.198 e. The van der Waals surface area contributed by atoms with Crippen LogP contribution in [0.1, 0.15) is 77.7 Å². The Morgan fingerprint density at radius 1 is 0.935 bits per heavy atom. The zero-order valence-electron chi connectivity index (χ0n) is 19.8. The molecule has 2 aliphatic heterocycles. The van der Waals surface area contributed by atoms with Crippen molar-refractivity contribution in [3.05, 3.63) is 28.8 Å².